The van der Waals surface area contributed by atoms with Crippen LogP contribution in [-0.4, -0.2) is 11.1 Å². The molecule has 0 bridgehead atoms. The number of allylic oxidation sites excluding steroid dienone is 2. The molecule has 0 aromatic rings. The molecule has 10 heavy (non-hydrogen) atoms. The maximum Gasteiger partial charge on any atom is 0.330 e. The first-order valence-corrected chi connectivity index (χ1v) is 3.19. The third kappa shape index (κ3) is 3.89. The lowest BCUT2D eigenvalue weighted by Gasteiger charge is -1.90. The van der Waals surface area contributed by atoms with Crippen molar-refractivity contribution in [1.82, 2.24) is 0 Å². The number of carboxylic acids is 1. The second-order valence-electron chi connectivity index (χ2n) is 2.06. The molecule has 0 aromatic heterocycles. The molecule has 0 amide bonds. The fourth-order valence-electron chi connectivity index (χ4n) is 0.505. The highest BCUT2D eigenvalue weighted by molar-refractivity contribution is 5.85. The van der Waals surface area contributed by atoms with E-state index in [1.807, 2.05) is 0 Å². The minimum Gasteiger partial charge on any atom is -0.478 e. The van der Waals surface area contributed by atoms with Crippen LogP contribution in [0, 0.1) is 0 Å². The summed E-state index contributed by atoms with van der Waals surface area (Å²) >= 11 is 0. The van der Waals surface area contributed by atoms with Crippen LogP contribution in [0.5, 0.6) is 0 Å². The third-order valence-electron chi connectivity index (χ3n) is 1.16. The number of hydrogen-bond acceptors (Lipinski definition) is 1. The monoisotopic (exact) mass is 140 g/mol. The lowest BCUT2D eigenvalue weighted by molar-refractivity contribution is -0.132. The van der Waals surface area contributed by atoms with Gasteiger partial charge < -0.3 is 5.11 Å². The van der Waals surface area contributed by atoms with Crippen molar-refractivity contribution in [1.29, 1.82) is 0 Å². The van der Waals surface area contributed by atoms with Gasteiger partial charge in [0.2, 0.25) is 0 Å². The molecule has 1 N–H and O–H groups in total. The Kier molecular flexibility index (Phi) is 4.29. The molecule has 2 heteroatoms. The molecule has 0 fully saturated rings. The van der Waals surface area contributed by atoms with Gasteiger partial charge >= 0.3 is 5.97 Å². The Morgan fingerprint density at radius 3 is 2.60 bits per heavy atom. The van der Waals surface area contributed by atoms with Gasteiger partial charge in [0.1, 0.15) is 0 Å². The first-order chi connectivity index (χ1) is 4.68. The summed E-state index contributed by atoms with van der Waals surface area (Å²) in [7, 11) is 0. The minimum atomic E-state index is -0.843. The summed E-state index contributed by atoms with van der Waals surface area (Å²) < 4.78 is 0. The molecule has 0 atom stereocenters. The van der Waals surface area contributed by atoms with Gasteiger partial charge in [0.25, 0.3) is 0 Å². The zero-order valence-electron chi connectivity index (χ0n) is 6.13. The van der Waals surface area contributed by atoms with Crippen LogP contribution in [0.3, 0.4) is 0 Å². The number of hydrogen-bond donors (Lipinski definition) is 1. The van der Waals surface area contributed by atoms with E-state index in [0.29, 0.717) is 5.57 Å². The molecule has 0 spiro atoms. The van der Waals surface area contributed by atoms with Crippen LogP contribution in [0.2, 0.25) is 0 Å². The summed E-state index contributed by atoms with van der Waals surface area (Å²) in [5, 5.41) is 8.39. The van der Waals surface area contributed by atoms with Gasteiger partial charge in [-0.15, -0.1) is 6.58 Å². The van der Waals surface area contributed by atoms with Crippen molar-refractivity contribution in [3.8, 4) is 0 Å². The van der Waals surface area contributed by atoms with Crippen molar-refractivity contribution >= 4 is 5.97 Å². The van der Waals surface area contributed by atoms with Crippen LogP contribution in [0.4, 0.5) is 0 Å². The number of aliphatic carboxylic acids is 1. The molecule has 0 aliphatic rings. The molecule has 0 radical (unpaired) electrons. The molecule has 0 saturated carbocycles. The topological polar surface area (TPSA) is 37.3 Å². The number of rotatable bonds is 4. The number of carboxylic acid groups (broad SMARTS) is 1. The summed E-state index contributed by atoms with van der Waals surface area (Å²) in [6.45, 7) is 5.11. The van der Waals surface area contributed by atoms with Gasteiger partial charge in [0.15, 0.2) is 0 Å². The average molecular weight is 140 g/mol. The molecule has 0 rings (SSSR count). The predicted octanol–water partition coefficient (Wildman–Crippen LogP) is 1.98. The molecule has 0 unspecified atom stereocenters. The normalized spacial score (nSPS) is 11.1. The Balaban J connectivity index is 3.68. The molecule has 0 aliphatic heterocycles. The van der Waals surface area contributed by atoms with Crippen LogP contribution >= 0.6 is 0 Å². The average Bonchev–Trinajstić information content (AvgIpc) is 1.88. The Morgan fingerprint density at radius 1 is 1.60 bits per heavy atom. The third-order valence-corrected chi connectivity index (χ3v) is 1.16. The van der Waals surface area contributed by atoms with Gasteiger partial charge in [-0.1, -0.05) is 12.2 Å². The van der Waals surface area contributed by atoms with Gasteiger partial charge in [0, 0.05) is 5.57 Å². The second-order valence-corrected chi connectivity index (χ2v) is 2.06. The highest BCUT2D eigenvalue weighted by atomic mass is 16.4. The lowest BCUT2D eigenvalue weighted by Crippen LogP contribution is -1.95. The second kappa shape index (κ2) is 4.79. The summed E-state index contributed by atoms with van der Waals surface area (Å²) in [6.07, 6.45) is 5.07. The Morgan fingerprint density at radius 2 is 2.20 bits per heavy atom. The maximum atomic E-state index is 10.2. The fourth-order valence-corrected chi connectivity index (χ4v) is 0.505. The molecule has 2 nitrogen and oxygen atoms in total. The number of unbranched alkanes of at least 4 members (excludes halogenated alkanes) is 1. The molecule has 0 saturated heterocycles. The molecule has 0 aromatic carbocycles. The Hall–Kier alpha value is -1.05. The van der Waals surface area contributed by atoms with E-state index in [1.54, 1.807) is 19.1 Å². The van der Waals surface area contributed by atoms with Crippen molar-refractivity contribution in [2.45, 2.75) is 19.8 Å². The number of carbonyl (C=O) groups is 1. The van der Waals surface area contributed by atoms with E-state index in [-0.39, 0.29) is 0 Å². The van der Waals surface area contributed by atoms with E-state index in [1.165, 1.54) is 0 Å². The van der Waals surface area contributed by atoms with Crippen LogP contribution in [0.1, 0.15) is 19.8 Å². The van der Waals surface area contributed by atoms with E-state index in [9.17, 15) is 4.79 Å². The van der Waals surface area contributed by atoms with Crippen LogP contribution in [0.15, 0.2) is 24.3 Å². The zero-order valence-corrected chi connectivity index (χ0v) is 6.13. The van der Waals surface area contributed by atoms with Crippen molar-refractivity contribution in [2.75, 3.05) is 0 Å². The van der Waals surface area contributed by atoms with Crippen LogP contribution in [0.25, 0.3) is 0 Å². The molecular weight excluding hydrogens is 128 g/mol. The summed E-state index contributed by atoms with van der Waals surface area (Å²) in [6, 6.07) is 0. The maximum absolute atomic E-state index is 10.2. The molecular formula is C8H12O2. The Bertz CT molecular complexity index is 157. The van der Waals surface area contributed by atoms with E-state index in [0.717, 1.165) is 12.8 Å². The van der Waals surface area contributed by atoms with E-state index in [2.05, 4.69) is 6.58 Å². The highest BCUT2D eigenvalue weighted by Gasteiger charge is 1.96. The standard InChI is InChI=1S/C8H12O2/c1-3-4-5-6-7(2)8(9)10/h3,6H,1,4-5H2,2H3,(H,9,10). The van der Waals surface area contributed by atoms with E-state index >= 15 is 0 Å². The smallest absolute Gasteiger partial charge is 0.330 e. The van der Waals surface area contributed by atoms with Crippen molar-refractivity contribution in [3.63, 3.8) is 0 Å². The van der Waals surface area contributed by atoms with E-state index < -0.39 is 5.97 Å². The van der Waals surface area contributed by atoms with E-state index in [4.69, 9.17) is 5.11 Å². The summed E-state index contributed by atoms with van der Waals surface area (Å²) in [4.78, 5) is 10.2. The predicted molar refractivity (Wildman–Crippen MR) is 40.8 cm³/mol. The Labute approximate surface area is 60.9 Å². The molecule has 0 aliphatic carbocycles. The van der Waals surface area contributed by atoms with Crippen LogP contribution in [-0.2, 0) is 4.79 Å². The van der Waals surface area contributed by atoms with Gasteiger partial charge in [-0.25, -0.2) is 4.79 Å². The van der Waals surface area contributed by atoms with Crippen LogP contribution < -0.4 is 0 Å². The minimum absolute atomic E-state index is 0.404. The van der Waals surface area contributed by atoms with Gasteiger partial charge in [0.05, 0.1) is 0 Å². The molecule has 56 valence electrons. The highest BCUT2D eigenvalue weighted by Crippen LogP contribution is 1.98. The lowest BCUT2D eigenvalue weighted by atomic mass is 10.2. The van der Waals surface area contributed by atoms with Crippen molar-refractivity contribution in [3.05, 3.63) is 24.3 Å². The van der Waals surface area contributed by atoms with Crippen molar-refractivity contribution < 1.29 is 9.90 Å². The first-order valence-electron chi connectivity index (χ1n) is 3.19. The zero-order chi connectivity index (χ0) is 7.98. The van der Waals surface area contributed by atoms with Gasteiger partial charge in [-0.3, -0.25) is 0 Å². The van der Waals surface area contributed by atoms with Gasteiger partial charge in [-0.2, -0.15) is 0 Å². The largest absolute Gasteiger partial charge is 0.478 e. The van der Waals surface area contributed by atoms with Crippen molar-refractivity contribution in [2.24, 2.45) is 0 Å². The summed E-state index contributed by atoms with van der Waals surface area (Å²) in [5.74, 6) is -0.843. The first kappa shape index (κ1) is 8.95. The summed E-state index contributed by atoms with van der Waals surface area (Å²) in [5.41, 5.74) is 0.404. The van der Waals surface area contributed by atoms with Gasteiger partial charge in [-0.05, 0) is 19.8 Å². The SMILES string of the molecule is C=CCCC=C(C)C(=O)O. The molecule has 0 heterocycles. The quantitative estimate of drug-likeness (QED) is 0.368. The fraction of sp³-hybridized carbons (Fsp3) is 0.375.